The average molecular weight is 217 g/mol. The minimum Gasteiger partial charge on any atom is -0.409 e. The lowest BCUT2D eigenvalue weighted by molar-refractivity contribution is 0.315. The molecule has 2 unspecified atom stereocenters. The largest absolute Gasteiger partial charge is 0.409 e. The van der Waals surface area contributed by atoms with Crippen LogP contribution in [0.3, 0.4) is 0 Å². The van der Waals surface area contributed by atoms with Crippen molar-refractivity contribution in [3.63, 3.8) is 0 Å². The van der Waals surface area contributed by atoms with Crippen LogP contribution in [-0.2, 0) is 0 Å². The zero-order valence-electron chi connectivity index (χ0n) is 8.57. The van der Waals surface area contributed by atoms with Gasteiger partial charge in [-0.2, -0.15) is 11.8 Å². The predicted molar refractivity (Wildman–Crippen MR) is 61.0 cm³/mol. The summed E-state index contributed by atoms with van der Waals surface area (Å²) >= 11 is 2.02. The van der Waals surface area contributed by atoms with Gasteiger partial charge in [-0.25, -0.2) is 0 Å². The first-order chi connectivity index (χ1) is 6.74. The van der Waals surface area contributed by atoms with E-state index in [1.807, 2.05) is 18.7 Å². The van der Waals surface area contributed by atoms with Gasteiger partial charge in [-0.3, -0.25) is 0 Å². The molecule has 1 heterocycles. The minimum atomic E-state index is -0.0393. The SMILES string of the molecule is CC(NCC1CCCCS1)C(N)=NO. The second-order valence-corrected chi connectivity index (χ2v) is 5.05. The van der Waals surface area contributed by atoms with E-state index in [0.717, 1.165) is 6.54 Å². The third-order valence-electron chi connectivity index (χ3n) is 2.48. The molecule has 0 bridgehead atoms. The molecular weight excluding hydrogens is 198 g/mol. The maximum atomic E-state index is 8.46. The van der Waals surface area contributed by atoms with E-state index in [0.29, 0.717) is 5.25 Å². The smallest absolute Gasteiger partial charge is 0.156 e. The predicted octanol–water partition coefficient (Wildman–Crippen LogP) is 0.997. The third-order valence-corrected chi connectivity index (χ3v) is 3.88. The molecule has 1 aliphatic rings. The van der Waals surface area contributed by atoms with Crippen molar-refractivity contribution in [2.75, 3.05) is 12.3 Å². The van der Waals surface area contributed by atoms with Crippen LogP contribution < -0.4 is 11.1 Å². The van der Waals surface area contributed by atoms with E-state index in [2.05, 4.69) is 10.5 Å². The highest BCUT2D eigenvalue weighted by Gasteiger charge is 2.15. The fourth-order valence-corrected chi connectivity index (χ4v) is 2.72. The molecule has 14 heavy (non-hydrogen) atoms. The van der Waals surface area contributed by atoms with Crippen LogP contribution in [0.1, 0.15) is 26.2 Å². The molecule has 1 rings (SSSR count). The average Bonchev–Trinajstić information content (AvgIpc) is 2.26. The van der Waals surface area contributed by atoms with Crippen molar-refractivity contribution in [1.29, 1.82) is 0 Å². The zero-order valence-corrected chi connectivity index (χ0v) is 9.39. The summed E-state index contributed by atoms with van der Waals surface area (Å²) in [5.74, 6) is 1.52. The Morgan fingerprint density at radius 3 is 3.07 bits per heavy atom. The summed E-state index contributed by atoms with van der Waals surface area (Å²) in [6, 6.07) is -0.0393. The van der Waals surface area contributed by atoms with Crippen LogP contribution in [0, 0.1) is 0 Å². The van der Waals surface area contributed by atoms with E-state index in [-0.39, 0.29) is 11.9 Å². The van der Waals surface area contributed by atoms with Gasteiger partial charge in [-0.15, -0.1) is 0 Å². The Morgan fingerprint density at radius 2 is 2.50 bits per heavy atom. The lowest BCUT2D eigenvalue weighted by Gasteiger charge is -2.23. The van der Waals surface area contributed by atoms with E-state index in [4.69, 9.17) is 10.9 Å². The maximum absolute atomic E-state index is 8.46. The highest BCUT2D eigenvalue weighted by Crippen LogP contribution is 2.24. The molecule has 82 valence electrons. The fraction of sp³-hybridized carbons (Fsp3) is 0.889. The molecule has 1 fully saturated rings. The molecular formula is C9H19N3OS. The summed E-state index contributed by atoms with van der Waals surface area (Å²) in [7, 11) is 0. The van der Waals surface area contributed by atoms with Gasteiger partial charge < -0.3 is 16.3 Å². The molecule has 1 saturated heterocycles. The minimum absolute atomic E-state index is 0.0393. The molecule has 1 aliphatic heterocycles. The van der Waals surface area contributed by atoms with Gasteiger partial charge in [0, 0.05) is 11.8 Å². The van der Waals surface area contributed by atoms with Crippen LogP contribution in [0.15, 0.2) is 5.16 Å². The van der Waals surface area contributed by atoms with E-state index >= 15 is 0 Å². The zero-order chi connectivity index (χ0) is 10.4. The van der Waals surface area contributed by atoms with Crippen LogP contribution in [0.25, 0.3) is 0 Å². The van der Waals surface area contributed by atoms with Crippen molar-refractivity contribution >= 4 is 17.6 Å². The van der Waals surface area contributed by atoms with Crippen LogP contribution in [-0.4, -0.2) is 34.6 Å². The van der Waals surface area contributed by atoms with Gasteiger partial charge in [0.25, 0.3) is 0 Å². The summed E-state index contributed by atoms with van der Waals surface area (Å²) in [6.07, 6.45) is 3.95. The first-order valence-electron chi connectivity index (χ1n) is 5.06. The lowest BCUT2D eigenvalue weighted by Crippen LogP contribution is -2.42. The van der Waals surface area contributed by atoms with Crippen molar-refractivity contribution in [2.24, 2.45) is 10.9 Å². The number of amidine groups is 1. The number of nitrogens with one attached hydrogen (secondary N) is 1. The molecule has 4 N–H and O–H groups in total. The summed E-state index contributed by atoms with van der Waals surface area (Å²) in [5.41, 5.74) is 5.46. The Kier molecular flexibility index (Phi) is 5.11. The molecule has 0 saturated carbocycles. The number of nitrogens with two attached hydrogens (primary N) is 1. The molecule has 0 aromatic carbocycles. The summed E-state index contributed by atoms with van der Waals surface area (Å²) in [6.45, 7) is 2.85. The second kappa shape index (κ2) is 6.14. The Bertz CT molecular complexity index is 192. The van der Waals surface area contributed by atoms with Crippen molar-refractivity contribution in [3.05, 3.63) is 0 Å². The first-order valence-corrected chi connectivity index (χ1v) is 6.11. The second-order valence-electron chi connectivity index (χ2n) is 3.64. The van der Waals surface area contributed by atoms with Gasteiger partial charge in [0.15, 0.2) is 5.84 Å². The quantitative estimate of drug-likeness (QED) is 0.284. The van der Waals surface area contributed by atoms with Crippen LogP contribution in [0.2, 0.25) is 0 Å². The Labute approximate surface area is 89.3 Å². The summed E-state index contributed by atoms with van der Waals surface area (Å²) < 4.78 is 0. The van der Waals surface area contributed by atoms with E-state index in [1.165, 1.54) is 25.0 Å². The monoisotopic (exact) mass is 217 g/mol. The van der Waals surface area contributed by atoms with E-state index in [1.54, 1.807) is 0 Å². The van der Waals surface area contributed by atoms with Crippen molar-refractivity contribution in [1.82, 2.24) is 5.32 Å². The Hall–Kier alpha value is -0.420. The Balaban J connectivity index is 2.18. The summed E-state index contributed by atoms with van der Waals surface area (Å²) in [5, 5.41) is 15.4. The number of oxime groups is 1. The molecule has 0 aromatic rings. The standard InChI is InChI=1S/C9H19N3OS/c1-7(9(10)12-13)11-6-8-4-2-3-5-14-8/h7-8,11,13H,2-6H2,1H3,(H2,10,12). The normalized spacial score (nSPS) is 26.1. The van der Waals surface area contributed by atoms with Gasteiger partial charge in [0.05, 0.1) is 6.04 Å². The molecule has 0 spiro atoms. The molecule has 2 atom stereocenters. The van der Waals surface area contributed by atoms with Gasteiger partial charge >= 0.3 is 0 Å². The molecule has 0 radical (unpaired) electrons. The van der Waals surface area contributed by atoms with Crippen LogP contribution >= 0.6 is 11.8 Å². The highest BCUT2D eigenvalue weighted by atomic mass is 32.2. The van der Waals surface area contributed by atoms with Gasteiger partial charge in [0.2, 0.25) is 0 Å². The number of hydrogen-bond donors (Lipinski definition) is 3. The van der Waals surface area contributed by atoms with E-state index < -0.39 is 0 Å². The maximum Gasteiger partial charge on any atom is 0.156 e. The number of thioether (sulfide) groups is 1. The Morgan fingerprint density at radius 1 is 1.71 bits per heavy atom. The molecule has 0 aromatic heterocycles. The third kappa shape index (κ3) is 3.75. The molecule has 0 aliphatic carbocycles. The lowest BCUT2D eigenvalue weighted by atomic mass is 10.2. The van der Waals surface area contributed by atoms with Crippen molar-refractivity contribution < 1.29 is 5.21 Å². The van der Waals surface area contributed by atoms with Crippen molar-refractivity contribution in [3.8, 4) is 0 Å². The van der Waals surface area contributed by atoms with Crippen LogP contribution in [0.5, 0.6) is 0 Å². The fourth-order valence-electron chi connectivity index (χ4n) is 1.47. The topological polar surface area (TPSA) is 70.6 Å². The van der Waals surface area contributed by atoms with Gasteiger partial charge in [-0.1, -0.05) is 11.6 Å². The van der Waals surface area contributed by atoms with Gasteiger partial charge in [-0.05, 0) is 25.5 Å². The summed E-state index contributed by atoms with van der Waals surface area (Å²) in [4.78, 5) is 0. The van der Waals surface area contributed by atoms with Crippen molar-refractivity contribution in [2.45, 2.75) is 37.5 Å². The number of rotatable bonds is 4. The van der Waals surface area contributed by atoms with Gasteiger partial charge in [0.1, 0.15) is 0 Å². The first kappa shape index (κ1) is 11.7. The van der Waals surface area contributed by atoms with E-state index in [9.17, 15) is 0 Å². The van der Waals surface area contributed by atoms with Crippen LogP contribution in [0.4, 0.5) is 0 Å². The molecule has 0 amide bonds. The molecule has 5 heteroatoms. The number of hydrogen-bond acceptors (Lipinski definition) is 4. The molecule has 4 nitrogen and oxygen atoms in total. The number of nitrogens with zero attached hydrogens (tertiary/aromatic N) is 1. The highest BCUT2D eigenvalue weighted by molar-refractivity contribution is 7.99.